The van der Waals surface area contributed by atoms with Gasteiger partial charge in [0, 0.05) is 12.0 Å². The Morgan fingerprint density at radius 2 is 1.72 bits per heavy atom. The molecule has 0 aliphatic rings. The van der Waals surface area contributed by atoms with Crippen molar-refractivity contribution in [3.63, 3.8) is 0 Å². The third-order valence-corrected chi connectivity index (χ3v) is 2.76. The minimum absolute atomic E-state index is 0.0273. The predicted octanol–water partition coefficient (Wildman–Crippen LogP) is 4.22. The zero-order valence-corrected chi connectivity index (χ0v) is 9.91. The summed E-state index contributed by atoms with van der Waals surface area (Å²) in [4.78, 5) is 11.6. The van der Waals surface area contributed by atoms with Gasteiger partial charge in [-0.25, -0.2) is 8.78 Å². The normalized spacial score (nSPS) is 10.4. The zero-order valence-electron chi connectivity index (χ0n) is 9.91. The van der Waals surface area contributed by atoms with Crippen LogP contribution in [0.25, 0.3) is 11.1 Å². The minimum atomic E-state index is -0.889. The summed E-state index contributed by atoms with van der Waals surface area (Å²) < 4.78 is 26.0. The highest BCUT2D eigenvalue weighted by molar-refractivity contribution is 5.96. The van der Waals surface area contributed by atoms with E-state index >= 15 is 0 Å². The van der Waals surface area contributed by atoms with Crippen molar-refractivity contribution in [2.45, 2.75) is 13.3 Å². The number of halogens is 2. The van der Waals surface area contributed by atoms with E-state index in [1.54, 1.807) is 31.2 Å². The van der Waals surface area contributed by atoms with E-state index in [-0.39, 0.29) is 5.78 Å². The van der Waals surface area contributed by atoms with E-state index in [2.05, 4.69) is 0 Å². The first-order valence-electron chi connectivity index (χ1n) is 5.70. The van der Waals surface area contributed by atoms with Crippen LogP contribution in [0.1, 0.15) is 23.7 Å². The molecule has 0 amide bonds. The Bertz CT molecular complexity index is 591. The lowest BCUT2D eigenvalue weighted by atomic mass is 10.0. The Hall–Kier alpha value is -2.03. The smallest absolute Gasteiger partial charge is 0.162 e. The number of benzene rings is 2. The van der Waals surface area contributed by atoms with Crippen LogP contribution in [0.3, 0.4) is 0 Å². The van der Waals surface area contributed by atoms with Crippen LogP contribution in [0.15, 0.2) is 42.5 Å². The Morgan fingerprint density at radius 3 is 2.39 bits per heavy atom. The molecule has 92 valence electrons. The quantitative estimate of drug-likeness (QED) is 0.741. The highest BCUT2D eigenvalue weighted by atomic mass is 19.2. The van der Waals surface area contributed by atoms with E-state index < -0.39 is 11.6 Å². The first-order chi connectivity index (χ1) is 8.61. The molecular formula is C15H12F2O. The number of rotatable bonds is 3. The Kier molecular flexibility index (Phi) is 3.51. The van der Waals surface area contributed by atoms with Gasteiger partial charge < -0.3 is 0 Å². The number of Topliss-reactive ketones (excluding diaryl/α,β-unsaturated/α-hetero) is 1. The first-order valence-corrected chi connectivity index (χ1v) is 5.70. The molecular weight excluding hydrogens is 234 g/mol. The summed E-state index contributed by atoms with van der Waals surface area (Å²) in [5.41, 5.74) is 1.84. The van der Waals surface area contributed by atoms with Crippen molar-refractivity contribution in [1.82, 2.24) is 0 Å². The van der Waals surface area contributed by atoms with Gasteiger partial charge in [0.1, 0.15) is 0 Å². The van der Waals surface area contributed by atoms with Gasteiger partial charge in [0.2, 0.25) is 0 Å². The second-order valence-electron chi connectivity index (χ2n) is 3.99. The van der Waals surface area contributed by atoms with Crippen LogP contribution in [-0.4, -0.2) is 5.78 Å². The van der Waals surface area contributed by atoms with Gasteiger partial charge in [0.05, 0.1) is 0 Å². The fourth-order valence-corrected chi connectivity index (χ4v) is 1.75. The third kappa shape index (κ3) is 2.45. The molecule has 1 nitrogen and oxygen atoms in total. The molecule has 2 aromatic rings. The van der Waals surface area contributed by atoms with Crippen LogP contribution in [0, 0.1) is 11.6 Å². The summed E-state index contributed by atoms with van der Waals surface area (Å²) in [5, 5.41) is 0. The second-order valence-corrected chi connectivity index (χ2v) is 3.99. The van der Waals surface area contributed by atoms with Gasteiger partial charge in [-0.05, 0) is 29.3 Å². The average molecular weight is 246 g/mol. The second kappa shape index (κ2) is 5.08. The third-order valence-electron chi connectivity index (χ3n) is 2.76. The van der Waals surface area contributed by atoms with Gasteiger partial charge in [-0.1, -0.05) is 31.2 Å². The molecule has 0 aromatic heterocycles. The molecule has 0 heterocycles. The average Bonchev–Trinajstić information content (AvgIpc) is 2.41. The van der Waals surface area contributed by atoms with Gasteiger partial charge in [0.15, 0.2) is 17.4 Å². The van der Waals surface area contributed by atoms with Crippen LogP contribution in [0.4, 0.5) is 8.78 Å². The molecule has 18 heavy (non-hydrogen) atoms. The standard InChI is InChI=1S/C15H12F2O/c1-2-15(18)12-5-3-4-10(8-12)11-6-7-13(16)14(17)9-11/h3-9H,2H2,1H3. The number of ketones is 1. The SMILES string of the molecule is CCC(=O)c1cccc(-c2ccc(F)c(F)c2)c1. The van der Waals surface area contributed by atoms with Crippen LogP contribution in [0.5, 0.6) is 0 Å². The van der Waals surface area contributed by atoms with Crippen molar-refractivity contribution in [3.05, 3.63) is 59.7 Å². The summed E-state index contributed by atoms with van der Waals surface area (Å²) in [6.45, 7) is 1.78. The van der Waals surface area contributed by atoms with Gasteiger partial charge in [-0.2, -0.15) is 0 Å². The predicted molar refractivity (Wildman–Crippen MR) is 66.4 cm³/mol. The van der Waals surface area contributed by atoms with Crippen molar-refractivity contribution < 1.29 is 13.6 Å². The zero-order chi connectivity index (χ0) is 13.1. The summed E-state index contributed by atoms with van der Waals surface area (Å²) in [5.74, 6) is -1.74. The highest BCUT2D eigenvalue weighted by Crippen LogP contribution is 2.23. The molecule has 0 atom stereocenters. The molecule has 2 aromatic carbocycles. The van der Waals surface area contributed by atoms with Gasteiger partial charge in [0.25, 0.3) is 0 Å². The Balaban J connectivity index is 2.44. The molecule has 0 bridgehead atoms. The monoisotopic (exact) mass is 246 g/mol. The van der Waals surface area contributed by atoms with Crippen LogP contribution in [-0.2, 0) is 0 Å². The van der Waals surface area contributed by atoms with E-state index in [0.717, 1.165) is 12.1 Å². The van der Waals surface area contributed by atoms with Crippen molar-refractivity contribution in [3.8, 4) is 11.1 Å². The van der Waals surface area contributed by atoms with E-state index in [4.69, 9.17) is 0 Å². The summed E-state index contributed by atoms with van der Waals surface area (Å²) in [7, 11) is 0. The molecule has 2 rings (SSSR count). The Labute approximate surface area is 104 Å². The lowest BCUT2D eigenvalue weighted by Gasteiger charge is -2.05. The fraction of sp³-hybridized carbons (Fsp3) is 0.133. The molecule has 0 spiro atoms. The molecule has 0 fully saturated rings. The molecule has 0 saturated heterocycles. The van der Waals surface area contributed by atoms with E-state index in [1.807, 2.05) is 0 Å². The van der Waals surface area contributed by atoms with E-state index in [9.17, 15) is 13.6 Å². The molecule has 0 aliphatic heterocycles. The summed E-state index contributed by atoms with van der Waals surface area (Å²) in [6, 6.07) is 10.6. The molecule has 0 radical (unpaired) electrons. The molecule has 0 aliphatic carbocycles. The van der Waals surface area contributed by atoms with Gasteiger partial charge in [-0.15, -0.1) is 0 Å². The lowest BCUT2D eigenvalue weighted by molar-refractivity contribution is 0.0988. The van der Waals surface area contributed by atoms with Gasteiger partial charge >= 0.3 is 0 Å². The number of hydrogen-bond acceptors (Lipinski definition) is 1. The van der Waals surface area contributed by atoms with Crippen molar-refractivity contribution in [2.24, 2.45) is 0 Å². The largest absolute Gasteiger partial charge is 0.294 e. The maximum atomic E-state index is 13.1. The van der Waals surface area contributed by atoms with Gasteiger partial charge in [-0.3, -0.25) is 4.79 Å². The number of hydrogen-bond donors (Lipinski definition) is 0. The maximum absolute atomic E-state index is 13.1. The van der Waals surface area contributed by atoms with E-state index in [1.165, 1.54) is 6.07 Å². The topological polar surface area (TPSA) is 17.1 Å². The van der Waals surface area contributed by atoms with Crippen LogP contribution >= 0.6 is 0 Å². The van der Waals surface area contributed by atoms with Crippen molar-refractivity contribution in [2.75, 3.05) is 0 Å². The number of carbonyl (C=O) groups excluding carboxylic acids is 1. The van der Waals surface area contributed by atoms with E-state index in [0.29, 0.717) is 23.1 Å². The summed E-state index contributed by atoms with van der Waals surface area (Å²) in [6.07, 6.45) is 0.418. The van der Waals surface area contributed by atoms with Crippen LogP contribution < -0.4 is 0 Å². The molecule has 0 unspecified atom stereocenters. The van der Waals surface area contributed by atoms with Crippen molar-refractivity contribution in [1.29, 1.82) is 0 Å². The minimum Gasteiger partial charge on any atom is -0.294 e. The fourth-order valence-electron chi connectivity index (χ4n) is 1.75. The maximum Gasteiger partial charge on any atom is 0.162 e. The highest BCUT2D eigenvalue weighted by Gasteiger charge is 2.07. The van der Waals surface area contributed by atoms with Crippen LogP contribution in [0.2, 0.25) is 0 Å². The molecule has 0 N–H and O–H groups in total. The van der Waals surface area contributed by atoms with Crippen molar-refractivity contribution >= 4 is 5.78 Å². The molecule has 0 saturated carbocycles. The number of carbonyl (C=O) groups is 1. The molecule has 3 heteroatoms. The lowest BCUT2D eigenvalue weighted by Crippen LogP contribution is -1.96. The summed E-state index contributed by atoms with van der Waals surface area (Å²) >= 11 is 0. The first kappa shape index (κ1) is 12.4. The Morgan fingerprint density at radius 1 is 1.00 bits per heavy atom.